The highest BCUT2D eigenvalue weighted by Gasteiger charge is 2.39. The van der Waals surface area contributed by atoms with Crippen LogP contribution in [0, 0.1) is 0 Å². The quantitative estimate of drug-likeness (QED) is 0.678. The number of nitrogens with zero attached hydrogens (tertiary/aromatic N) is 2. The second-order valence-electron chi connectivity index (χ2n) is 7.91. The lowest BCUT2D eigenvalue weighted by Crippen LogP contribution is -2.13. The van der Waals surface area contributed by atoms with Crippen molar-refractivity contribution in [3.8, 4) is 0 Å². The fourth-order valence-corrected chi connectivity index (χ4v) is 4.35. The average molecular weight is 374 g/mol. The lowest BCUT2D eigenvalue weighted by atomic mass is 10.1. The van der Waals surface area contributed by atoms with Crippen LogP contribution in [0.3, 0.4) is 0 Å². The van der Waals surface area contributed by atoms with E-state index in [1.807, 2.05) is 0 Å². The smallest absolute Gasteiger partial charge is 0.217 e. The standard InChI is InChI=1S/C24H26N2O2/c1-2-3-4-8-19-15-27-23(25-19)16-10-12-17(13-11-16)24-26-22-20-9-6-5-7-18(20)14-21(22)28-24/h5-7,9-13,19,21-22H,2-4,8,14-15H2,1H3/t19-,21?,22-/m0/s1. The monoisotopic (exact) mass is 374 g/mol. The molecule has 1 aliphatic carbocycles. The molecule has 2 aromatic carbocycles. The third-order valence-electron chi connectivity index (χ3n) is 5.90. The van der Waals surface area contributed by atoms with Gasteiger partial charge >= 0.3 is 0 Å². The number of rotatable bonds is 6. The van der Waals surface area contributed by atoms with E-state index in [0.717, 1.165) is 35.8 Å². The molecular weight excluding hydrogens is 348 g/mol. The molecule has 0 aromatic heterocycles. The van der Waals surface area contributed by atoms with E-state index in [1.165, 1.54) is 30.4 Å². The largest absolute Gasteiger partial charge is 0.475 e. The van der Waals surface area contributed by atoms with Crippen LogP contribution >= 0.6 is 0 Å². The highest BCUT2D eigenvalue weighted by atomic mass is 16.5. The molecule has 0 radical (unpaired) electrons. The van der Waals surface area contributed by atoms with Crippen LogP contribution in [-0.4, -0.2) is 30.5 Å². The summed E-state index contributed by atoms with van der Waals surface area (Å²) in [6.07, 6.45) is 5.93. The Morgan fingerprint density at radius 2 is 1.71 bits per heavy atom. The van der Waals surface area contributed by atoms with Crippen LogP contribution in [0.15, 0.2) is 58.5 Å². The van der Waals surface area contributed by atoms with E-state index >= 15 is 0 Å². The molecular formula is C24H26N2O2. The molecule has 0 amide bonds. The third kappa shape index (κ3) is 3.21. The van der Waals surface area contributed by atoms with E-state index in [2.05, 4.69) is 55.5 Å². The molecule has 2 aliphatic heterocycles. The maximum absolute atomic E-state index is 6.18. The van der Waals surface area contributed by atoms with Gasteiger partial charge in [0, 0.05) is 17.5 Å². The molecule has 0 spiro atoms. The average Bonchev–Trinajstić information content (AvgIpc) is 3.43. The van der Waals surface area contributed by atoms with Crippen LogP contribution in [0.2, 0.25) is 0 Å². The van der Waals surface area contributed by atoms with Crippen LogP contribution in [0.4, 0.5) is 0 Å². The first-order valence-electron chi connectivity index (χ1n) is 10.5. The molecule has 4 nitrogen and oxygen atoms in total. The van der Waals surface area contributed by atoms with E-state index in [4.69, 9.17) is 19.5 Å². The van der Waals surface area contributed by atoms with Gasteiger partial charge in [-0.25, -0.2) is 9.98 Å². The zero-order valence-electron chi connectivity index (χ0n) is 16.3. The summed E-state index contributed by atoms with van der Waals surface area (Å²) in [7, 11) is 0. The van der Waals surface area contributed by atoms with Gasteiger partial charge in [0.05, 0.1) is 6.04 Å². The summed E-state index contributed by atoms with van der Waals surface area (Å²) in [4.78, 5) is 9.64. The van der Waals surface area contributed by atoms with Crippen LogP contribution in [0.1, 0.15) is 60.9 Å². The lowest BCUT2D eigenvalue weighted by molar-refractivity contribution is 0.206. The minimum atomic E-state index is 0.136. The van der Waals surface area contributed by atoms with Crippen LogP contribution < -0.4 is 0 Å². The molecule has 3 atom stereocenters. The SMILES string of the molecule is CCCCC[C@H]1COC(c2ccc(C3=N[C@H]4c5ccccc5CC4O3)cc2)=N1. The van der Waals surface area contributed by atoms with Crippen molar-refractivity contribution >= 4 is 11.8 Å². The Labute approximate surface area is 166 Å². The number of benzene rings is 2. The first-order valence-corrected chi connectivity index (χ1v) is 10.5. The molecule has 144 valence electrons. The zero-order chi connectivity index (χ0) is 18.9. The minimum Gasteiger partial charge on any atom is -0.475 e. The molecule has 3 aliphatic rings. The topological polar surface area (TPSA) is 43.2 Å². The Morgan fingerprint density at radius 3 is 2.54 bits per heavy atom. The number of hydrogen-bond acceptors (Lipinski definition) is 4. The van der Waals surface area contributed by atoms with Gasteiger partial charge < -0.3 is 9.47 Å². The summed E-state index contributed by atoms with van der Waals surface area (Å²) in [5.41, 5.74) is 4.72. The number of unbranched alkanes of at least 4 members (excludes halogenated alkanes) is 2. The van der Waals surface area contributed by atoms with Crippen molar-refractivity contribution in [1.82, 2.24) is 0 Å². The van der Waals surface area contributed by atoms with Crippen molar-refractivity contribution in [3.05, 3.63) is 70.8 Å². The van der Waals surface area contributed by atoms with Crippen LogP contribution in [-0.2, 0) is 15.9 Å². The van der Waals surface area contributed by atoms with Crippen molar-refractivity contribution in [3.63, 3.8) is 0 Å². The third-order valence-corrected chi connectivity index (χ3v) is 5.90. The summed E-state index contributed by atoms with van der Waals surface area (Å²) >= 11 is 0. The zero-order valence-corrected chi connectivity index (χ0v) is 16.3. The minimum absolute atomic E-state index is 0.136. The first-order chi connectivity index (χ1) is 13.8. The Balaban J connectivity index is 1.29. The highest BCUT2D eigenvalue weighted by Crippen LogP contribution is 2.40. The van der Waals surface area contributed by atoms with Crippen LogP contribution in [0.25, 0.3) is 0 Å². The van der Waals surface area contributed by atoms with Gasteiger partial charge in [0.15, 0.2) is 0 Å². The molecule has 0 saturated carbocycles. The molecule has 2 heterocycles. The molecule has 0 N–H and O–H groups in total. The summed E-state index contributed by atoms with van der Waals surface area (Å²) in [5.74, 6) is 1.52. The van der Waals surface area contributed by atoms with Crippen molar-refractivity contribution < 1.29 is 9.47 Å². The summed E-state index contributed by atoms with van der Waals surface area (Å²) < 4.78 is 12.0. The number of ether oxygens (including phenoxy) is 2. The van der Waals surface area contributed by atoms with E-state index in [-0.39, 0.29) is 12.1 Å². The Hall–Kier alpha value is -2.62. The number of hydrogen-bond donors (Lipinski definition) is 0. The maximum atomic E-state index is 6.18. The second kappa shape index (κ2) is 7.42. The molecule has 5 rings (SSSR count). The Bertz CT molecular complexity index is 916. The highest BCUT2D eigenvalue weighted by molar-refractivity contribution is 5.99. The lowest BCUT2D eigenvalue weighted by Gasteiger charge is -2.09. The summed E-state index contributed by atoms with van der Waals surface area (Å²) in [6, 6.07) is 17.2. The molecule has 2 aromatic rings. The molecule has 0 fully saturated rings. The summed E-state index contributed by atoms with van der Waals surface area (Å²) in [6.45, 7) is 2.94. The second-order valence-corrected chi connectivity index (χ2v) is 7.91. The van der Waals surface area contributed by atoms with Crippen molar-refractivity contribution in [2.24, 2.45) is 9.98 Å². The van der Waals surface area contributed by atoms with E-state index in [9.17, 15) is 0 Å². The van der Waals surface area contributed by atoms with Gasteiger partial charge in [0.1, 0.15) is 18.8 Å². The van der Waals surface area contributed by atoms with Gasteiger partial charge in [-0.1, -0.05) is 50.5 Å². The van der Waals surface area contributed by atoms with Gasteiger partial charge in [0.25, 0.3) is 0 Å². The Kier molecular flexibility index (Phi) is 4.63. The van der Waals surface area contributed by atoms with Crippen molar-refractivity contribution in [2.45, 2.75) is 57.2 Å². The van der Waals surface area contributed by atoms with Gasteiger partial charge in [-0.05, 0) is 41.8 Å². The van der Waals surface area contributed by atoms with E-state index in [0.29, 0.717) is 12.6 Å². The van der Waals surface area contributed by atoms with E-state index < -0.39 is 0 Å². The van der Waals surface area contributed by atoms with Crippen molar-refractivity contribution in [2.75, 3.05) is 6.61 Å². The summed E-state index contributed by atoms with van der Waals surface area (Å²) in [5, 5.41) is 0. The van der Waals surface area contributed by atoms with Crippen molar-refractivity contribution in [1.29, 1.82) is 0 Å². The molecule has 1 unspecified atom stereocenters. The van der Waals surface area contributed by atoms with Gasteiger partial charge in [0.2, 0.25) is 11.8 Å². The van der Waals surface area contributed by atoms with Crippen LogP contribution in [0.5, 0.6) is 0 Å². The fraction of sp³-hybridized carbons (Fsp3) is 0.417. The van der Waals surface area contributed by atoms with Gasteiger partial charge in [-0.2, -0.15) is 0 Å². The fourth-order valence-electron chi connectivity index (χ4n) is 4.35. The molecule has 4 heteroatoms. The van der Waals surface area contributed by atoms with Gasteiger partial charge in [-0.15, -0.1) is 0 Å². The maximum Gasteiger partial charge on any atom is 0.217 e. The predicted molar refractivity (Wildman–Crippen MR) is 111 cm³/mol. The predicted octanol–water partition coefficient (Wildman–Crippen LogP) is 4.86. The molecule has 28 heavy (non-hydrogen) atoms. The molecule has 0 bridgehead atoms. The van der Waals surface area contributed by atoms with Gasteiger partial charge in [-0.3, -0.25) is 0 Å². The normalized spacial score (nSPS) is 24.8. The molecule has 0 saturated heterocycles. The Morgan fingerprint density at radius 1 is 0.929 bits per heavy atom. The van der Waals surface area contributed by atoms with E-state index in [1.54, 1.807) is 0 Å². The first kappa shape index (κ1) is 17.5. The number of fused-ring (bicyclic) bond motifs is 3. The number of aliphatic imine (C=N–C) groups is 2.